The van der Waals surface area contributed by atoms with E-state index in [2.05, 4.69) is 30.6 Å². The van der Waals surface area contributed by atoms with Crippen molar-refractivity contribution in [3.63, 3.8) is 0 Å². The minimum Gasteiger partial charge on any atom is -0.496 e. The van der Waals surface area contributed by atoms with Gasteiger partial charge in [-0.2, -0.15) is 15.0 Å². The number of nitrogens with one attached hydrogen (secondary N) is 2. The Balaban J connectivity index is 1.55. The van der Waals surface area contributed by atoms with Gasteiger partial charge in [0.15, 0.2) is 0 Å². The van der Waals surface area contributed by atoms with Gasteiger partial charge in [-0.25, -0.2) is 0 Å². The van der Waals surface area contributed by atoms with Crippen LogP contribution < -0.4 is 20.1 Å². The summed E-state index contributed by atoms with van der Waals surface area (Å²) in [4.78, 5) is 18.1. The molecule has 0 unspecified atom stereocenters. The number of pyridine rings is 1. The van der Waals surface area contributed by atoms with Crippen molar-refractivity contribution in [3.8, 4) is 11.8 Å². The van der Waals surface area contributed by atoms with Gasteiger partial charge in [0.25, 0.3) is 0 Å². The van der Waals surface area contributed by atoms with E-state index in [1.807, 2.05) is 50.2 Å². The average Bonchev–Trinajstić information content (AvgIpc) is 3.06. The Labute approximate surface area is 195 Å². The zero-order valence-electron chi connectivity index (χ0n) is 19.6. The summed E-state index contributed by atoms with van der Waals surface area (Å²) in [5.74, 6) is 1.79. The number of ether oxygens (including phenoxy) is 2. The van der Waals surface area contributed by atoms with Crippen LogP contribution in [0.1, 0.15) is 55.5 Å². The van der Waals surface area contributed by atoms with Crippen LogP contribution in [0.3, 0.4) is 0 Å². The van der Waals surface area contributed by atoms with Crippen molar-refractivity contribution in [2.24, 2.45) is 0 Å². The van der Waals surface area contributed by atoms with Gasteiger partial charge in [-0.3, -0.25) is 4.98 Å². The van der Waals surface area contributed by atoms with Gasteiger partial charge in [0.05, 0.1) is 12.8 Å². The van der Waals surface area contributed by atoms with Crippen LogP contribution in [0, 0.1) is 13.8 Å². The Hall–Kier alpha value is -3.42. The lowest BCUT2D eigenvalue weighted by atomic mass is 10.1. The molecule has 0 saturated heterocycles. The monoisotopic (exact) mass is 448 g/mol. The molecule has 1 aromatic carbocycles. The first-order chi connectivity index (χ1) is 16.1. The summed E-state index contributed by atoms with van der Waals surface area (Å²) < 4.78 is 11.3. The summed E-state index contributed by atoms with van der Waals surface area (Å²) in [5, 5.41) is 6.79. The van der Waals surface area contributed by atoms with Crippen molar-refractivity contribution in [1.82, 2.24) is 19.9 Å². The summed E-state index contributed by atoms with van der Waals surface area (Å²) in [5.41, 5.74) is 3.66. The highest BCUT2D eigenvalue weighted by Crippen LogP contribution is 2.25. The molecule has 2 aromatic heterocycles. The van der Waals surface area contributed by atoms with Crippen LogP contribution in [-0.4, -0.2) is 33.1 Å². The molecule has 3 aromatic rings. The molecule has 0 radical (unpaired) electrons. The Morgan fingerprint density at radius 3 is 2.42 bits per heavy atom. The van der Waals surface area contributed by atoms with E-state index < -0.39 is 0 Å². The summed E-state index contributed by atoms with van der Waals surface area (Å²) in [6.45, 7) is 4.25. The van der Waals surface area contributed by atoms with Gasteiger partial charge < -0.3 is 20.1 Å². The van der Waals surface area contributed by atoms with E-state index in [9.17, 15) is 0 Å². The van der Waals surface area contributed by atoms with E-state index in [1.165, 1.54) is 25.7 Å². The maximum atomic E-state index is 5.92. The van der Waals surface area contributed by atoms with Crippen molar-refractivity contribution < 1.29 is 9.47 Å². The third-order valence-corrected chi connectivity index (χ3v) is 5.75. The fourth-order valence-corrected chi connectivity index (χ4v) is 4.05. The second-order valence-electron chi connectivity index (χ2n) is 8.47. The predicted octanol–water partition coefficient (Wildman–Crippen LogP) is 5.35. The highest BCUT2D eigenvalue weighted by molar-refractivity contribution is 5.58. The van der Waals surface area contributed by atoms with Crippen molar-refractivity contribution in [2.75, 3.05) is 17.7 Å². The molecule has 0 spiro atoms. The highest BCUT2D eigenvalue weighted by atomic mass is 16.5. The van der Waals surface area contributed by atoms with Gasteiger partial charge in [0.1, 0.15) is 12.4 Å². The molecule has 2 heterocycles. The number of hydrogen-bond donors (Lipinski definition) is 2. The fraction of sp³-hybridized carbons (Fsp3) is 0.440. The largest absolute Gasteiger partial charge is 0.496 e. The number of rotatable bonds is 8. The lowest BCUT2D eigenvalue weighted by molar-refractivity contribution is 0.276. The molecule has 0 bridgehead atoms. The number of aryl methyl sites for hydroxylation is 2. The number of hydrogen-bond acceptors (Lipinski definition) is 8. The molecule has 0 atom stereocenters. The molecule has 8 heteroatoms. The minimum atomic E-state index is 0.261. The maximum Gasteiger partial charge on any atom is 0.323 e. The van der Waals surface area contributed by atoms with Gasteiger partial charge in [0, 0.05) is 17.4 Å². The van der Waals surface area contributed by atoms with Gasteiger partial charge >= 0.3 is 6.01 Å². The van der Waals surface area contributed by atoms with E-state index >= 15 is 0 Å². The summed E-state index contributed by atoms with van der Waals surface area (Å²) in [6.07, 6.45) is 7.27. The molecule has 8 nitrogen and oxygen atoms in total. The number of aromatic nitrogens is 4. The quantitative estimate of drug-likeness (QED) is 0.446. The second kappa shape index (κ2) is 10.9. The van der Waals surface area contributed by atoms with Crippen LogP contribution in [0.4, 0.5) is 17.6 Å². The van der Waals surface area contributed by atoms with Gasteiger partial charge in [0.2, 0.25) is 11.9 Å². The van der Waals surface area contributed by atoms with Crippen LogP contribution in [-0.2, 0) is 6.61 Å². The SMILES string of the molecule is COc1ccc(Nc2nc(NC3CCCCCC3)nc(OCc3cccc(C)n3)n2)cc1C. The summed E-state index contributed by atoms with van der Waals surface area (Å²) in [7, 11) is 1.67. The third kappa shape index (κ3) is 6.54. The van der Waals surface area contributed by atoms with Crippen molar-refractivity contribution in [1.29, 1.82) is 0 Å². The van der Waals surface area contributed by atoms with Crippen molar-refractivity contribution in [2.45, 2.75) is 65.0 Å². The number of nitrogens with zero attached hydrogens (tertiary/aromatic N) is 4. The molecule has 1 aliphatic carbocycles. The molecule has 0 aliphatic heterocycles. The molecule has 0 amide bonds. The number of anilines is 3. The molecule has 4 rings (SSSR count). The van der Waals surface area contributed by atoms with Crippen molar-refractivity contribution >= 4 is 17.6 Å². The summed E-state index contributed by atoms with van der Waals surface area (Å²) in [6, 6.07) is 12.3. The predicted molar refractivity (Wildman–Crippen MR) is 129 cm³/mol. The Morgan fingerprint density at radius 1 is 0.909 bits per heavy atom. The van der Waals surface area contributed by atoms with E-state index in [-0.39, 0.29) is 12.6 Å². The maximum absolute atomic E-state index is 5.92. The second-order valence-corrected chi connectivity index (χ2v) is 8.47. The molecule has 174 valence electrons. The fourth-order valence-electron chi connectivity index (χ4n) is 4.05. The molecule has 2 N–H and O–H groups in total. The highest BCUT2D eigenvalue weighted by Gasteiger charge is 2.16. The van der Waals surface area contributed by atoms with Gasteiger partial charge in [-0.1, -0.05) is 31.7 Å². The Bertz CT molecular complexity index is 1070. The molecule has 1 saturated carbocycles. The molecule has 1 aliphatic rings. The molecular formula is C25H32N6O2. The van der Waals surface area contributed by atoms with Gasteiger partial charge in [-0.15, -0.1) is 0 Å². The zero-order valence-corrected chi connectivity index (χ0v) is 19.6. The lowest BCUT2D eigenvalue weighted by Gasteiger charge is -2.17. The van der Waals surface area contributed by atoms with E-state index in [0.29, 0.717) is 17.9 Å². The molecular weight excluding hydrogens is 416 g/mol. The van der Waals surface area contributed by atoms with Crippen LogP contribution in [0.15, 0.2) is 36.4 Å². The standard InChI is InChI=1S/C25H32N6O2/c1-17-15-20(13-14-22(17)32-3)28-24-29-23(27-19-10-6-4-5-7-11-19)30-25(31-24)33-16-21-12-8-9-18(2)26-21/h8-9,12-15,19H,4-7,10-11,16H2,1-3H3,(H2,27,28,29,30,31). The first-order valence-corrected chi connectivity index (χ1v) is 11.6. The lowest BCUT2D eigenvalue weighted by Crippen LogP contribution is -2.21. The van der Waals surface area contributed by atoms with Gasteiger partial charge in [-0.05, 0) is 62.6 Å². The first kappa shape index (κ1) is 22.8. The smallest absolute Gasteiger partial charge is 0.323 e. The Kier molecular flexibility index (Phi) is 7.55. The first-order valence-electron chi connectivity index (χ1n) is 11.6. The topological polar surface area (TPSA) is 94.1 Å². The van der Waals surface area contributed by atoms with Crippen LogP contribution in [0.5, 0.6) is 11.8 Å². The number of benzene rings is 1. The third-order valence-electron chi connectivity index (χ3n) is 5.75. The van der Waals surface area contributed by atoms with Crippen LogP contribution in [0.2, 0.25) is 0 Å². The summed E-state index contributed by atoms with van der Waals surface area (Å²) >= 11 is 0. The van der Waals surface area contributed by atoms with E-state index in [0.717, 1.165) is 41.2 Å². The average molecular weight is 449 g/mol. The van der Waals surface area contributed by atoms with Crippen LogP contribution in [0.25, 0.3) is 0 Å². The number of methoxy groups -OCH3 is 1. The minimum absolute atomic E-state index is 0.261. The molecule has 33 heavy (non-hydrogen) atoms. The van der Waals surface area contributed by atoms with E-state index in [1.54, 1.807) is 7.11 Å². The Morgan fingerprint density at radius 2 is 1.70 bits per heavy atom. The zero-order chi connectivity index (χ0) is 23.0. The van der Waals surface area contributed by atoms with Crippen LogP contribution >= 0.6 is 0 Å². The normalized spacial score (nSPS) is 14.4. The van der Waals surface area contributed by atoms with Crippen molar-refractivity contribution in [3.05, 3.63) is 53.3 Å². The van der Waals surface area contributed by atoms with E-state index in [4.69, 9.17) is 9.47 Å². The molecule has 1 fully saturated rings.